The van der Waals surface area contributed by atoms with Crippen LogP contribution in [-0.2, 0) is 4.74 Å². The summed E-state index contributed by atoms with van der Waals surface area (Å²) in [5.74, 6) is 0. The molecule has 0 radical (unpaired) electrons. The number of hydrogen-bond donors (Lipinski definition) is 1. The minimum Gasteiger partial charge on any atom is -0.374 e. The molecule has 1 aliphatic carbocycles. The molecule has 2 heteroatoms. The summed E-state index contributed by atoms with van der Waals surface area (Å²) in [5, 5.41) is 3.73. The van der Waals surface area contributed by atoms with Crippen LogP contribution >= 0.6 is 0 Å². The van der Waals surface area contributed by atoms with E-state index in [1.165, 1.54) is 44.9 Å². The van der Waals surface area contributed by atoms with Gasteiger partial charge in [-0.25, -0.2) is 0 Å². The van der Waals surface area contributed by atoms with E-state index in [1.54, 1.807) is 0 Å². The predicted molar refractivity (Wildman–Crippen MR) is 83.6 cm³/mol. The fourth-order valence-electron chi connectivity index (χ4n) is 3.41. The lowest BCUT2D eigenvalue weighted by Gasteiger charge is -2.44. The maximum absolute atomic E-state index is 6.29. The average Bonchev–Trinajstić information content (AvgIpc) is 2.34. The average molecular weight is 269 g/mol. The summed E-state index contributed by atoms with van der Waals surface area (Å²) in [6.07, 6.45) is 9.02. The third-order valence-electron chi connectivity index (χ3n) is 4.40. The third-order valence-corrected chi connectivity index (χ3v) is 4.40. The van der Waals surface area contributed by atoms with E-state index in [9.17, 15) is 0 Å². The number of nitrogens with one attached hydrogen (secondary N) is 1. The van der Waals surface area contributed by atoms with Crippen molar-refractivity contribution in [2.45, 2.75) is 91.2 Å². The molecular formula is C17H35NO. The topological polar surface area (TPSA) is 21.3 Å². The van der Waals surface area contributed by atoms with Crippen molar-refractivity contribution in [3.8, 4) is 0 Å². The van der Waals surface area contributed by atoms with E-state index in [2.05, 4.69) is 39.9 Å². The zero-order valence-electron chi connectivity index (χ0n) is 13.8. The van der Waals surface area contributed by atoms with Gasteiger partial charge in [-0.2, -0.15) is 0 Å². The molecule has 0 amide bonds. The van der Waals surface area contributed by atoms with E-state index in [4.69, 9.17) is 4.74 Å². The molecule has 114 valence electrons. The molecule has 0 aromatic rings. The second-order valence-corrected chi connectivity index (χ2v) is 7.27. The quantitative estimate of drug-likeness (QED) is 0.733. The van der Waals surface area contributed by atoms with Gasteiger partial charge in [-0.05, 0) is 44.6 Å². The molecule has 2 nitrogen and oxygen atoms in total. The Morgan fingerprint density at radius 1 is 1.11 bits per heavy atom. The van der Waals surface area contributed by atoms with Crippen LogP contribution in [0.15, 0.2) is 0 Å². The summed E-state index contributed by atoms with van der Waals surface area (Å²) in [4.78, 5) is 0. The lowest BCUT2D eigenvalue weighted by Crippen LogP contribution is -2.54. The number of likely N-dealkylation sites (N-methyl/N-ethyl adjacent to an activating group) is 1. The van der Waals surface area contributed by atoms with Crippen molar-refractivity contribution in [3.63, 3.8) is 0 Å². The Kier molecular flexibility index (Phi) is 6.82. The standard InChI is InChI=1S/C17H35NO/c1-6-18-15(11-14-16(3,4)5)17(19-7-2)12-9-8-10-13-17/h15,18H,6-14H2,1-5H3. The van der Waals surface area contributed by atoms with Gasteiger partial charge in [0.1, 0.15) is 0 Å². The van der Waals surface area contributed by atoms with Gasteiger partial charge in [0.2, 0.25) is 0 Å². The molecule has 1 N–H and O–H groups in total. The lowest BCUT2D eigenvalue weighted by atomic mass is 9.75. The highest BCUT2D eigenvalue weighted by molar-refractivity contribution is 4.96. The summed E-state index contributed by atoms with van der Waals surface area (Å²) < 4.78 is 6.29. The van der Waals surface area contributed by atoms with E-state index >= 15 is 0 Å². The van der Waals surface area contributed by atoms with Crippen molar-refractivity contribution < 1.29 is 4.74 Å². The molecule has 1 unspecified atom stereocenters. The molecule has 0 bridgehead atoms. The van der Waals surface area contributed by atoms with Crippen LogP contribution in [0.2, 0.25) is 0 Å². The first-order valence-corrected chi connectivity index (χ1v) is 8.31. The highest BCUT2D eigenvalue weighted by Gasteiger charge is 2.40. The van der Waals surface area contributed by atoms with Crippen molar-refractivity contribution in [1.82, 2.24) is 5.32 Å². The molecule has 1 atom stereocenters. The van der Waals surface area contributed by atoms with Crippen molar-refractivity contribution in [2.24, 2.45) is 5.41 Å². The highest BCUT2D eigenvalue weighted by atomic mass is 16.5. The number of hydrogen-bond acceptors (Lipinski definition) is 2. The monoisotopic (exact) mass is 269 g/mol. The number of ether oxygens (including phenoxy) is 1. The van der Waals surface area contributed by atoms with E-state index in [0.29, 0.717) is 11.5 Å². The summed E-state index contributed by atoms with van der Waals surface area (Å²) in [6, 6.07) is 0.525. The van der Waals surface area contributed by atoms with Crippen LogP contribution in [0.3, 0.4) is 0 Å². The largest absolute Gasteiger partial charge is 0.374 e. The molecule has 0 aliphatic heterocycles. The van der Waals surface area contributed by atoms with E-state index in [1.807, 2.05) is 0 Å². The molecule has 1 aliphatic rings. The molecule has 0 aromatic carbocycles. The minimum absolute atomic E-state index is 0.105. The predicted octanol–water partition coefficient (Wildman–Crippen LogP) is 4.53. The lowest BCUT2D eigenvalue weighted by molar-refractivity contribution is -0.0926. The van der Waals surface area contributed by atoms with Gasteiger partial charge >= 0.3 is 0 Å². The molecule has 0 heterocycles. The second-order valence-electron chi connectivity index (χ2n) is 7.27. The Morgan fingerprint density at radius 3 is 2.21 bits per heavy atom. The molecule has 1 rings (SSSR count). The van der Waals surface area contributed by atoms with Crippen molar-refractivity contribution in [1.29, 1.82) is 0 Å². The maximum atomic E-state index is 6.29. The Morgan fingerprint density at radius 2 is 1.74 bits per heavy atom. The molecule has 0 aromatic heterocycles. The van der Waals surface area contributed by atoms with E-state index < -0.39 is 0 Å². The highest BCUT2D eigenvalue weighted by Crippen LogP contribution is 2.37. The maximum Gasteiger partial charge on any atom is 0.0834 e. The first kappa shape index (κ1) is 17.0. The zero-order valence-corrected chi connectivity index (χ0v) is 13.8. The minimum atomic E-state index is 0.105. The third kappa shape index (κ3) is 5.43. The normalized spacial score (nSPS) is 21.3. The summed E-state index contributed by atoms with van der Waals surface area (Å²) in [7, 11) is 0. The van der Waals surface area contributed by atoms with Gasteiger partial charge in [-0.15, -0.1) is 0 Å². The fraction of sp³-hybridized carbons (Fsp3) is 1.00. The SMILES string of the molecule is CCNC(CCC(C)(C)C)C1(OCC)CCCCC1. The summed E-state index contributed by atoms with van der Waals surface area (Å²) in [6.45, 7) is 13.3. The van der Waals surface area contributed by atoms with E-state index in [0.717, 1.165) is 13.2 Å². The molecule has 1 saturated carbocycles. The van der Waals surface area contributed by atoms with Crippen LogP contribution in [0.5, 0.6) is 0 Å². The fourth-order valence-corrected chi connectivity index (χ4v) is 3.41. The molecule has 0 saturated heterocycles. The van der Waals surface area contributed by atoms with E-state index in [-0.39, 0.29) is 5.60 Å². The Labute approximate surface area is 120 Å². The smallest absolute Gasteiger partial charge is 0.0834 e. The van der Waals surface area contributed by atoms with Crippen molar-refractivity contribution in [3.05, 3.63) is 0 Å². The van der Waals surface area contributed by atoms with Gasteiger partial charge in [0.25, 0.3) is 0 Å². The van der Waals surface area contributed by atoms with Gasteiger partial charge in [0, 0.05) is 12.6 Å². The summed E-state index contributed by atoms with van der Waals surface area (Å²) in [5.41, 5.74) is 0.518. The molecule has 1 fully saturated rings. The van der Waals surface area contributed by atoms with Crippen molar-refractivity contribution >= 4 is 0 Å². The Balaban J connectivity index is 2.73. The first-order chi connectivity index (χ1) is 8.93. The number of rotatable bonds is 7. The van der Waals surface area contributed by atoms with Crippen LogP contribution < -0.4 is 5.32 Å². The van der Waals surface area contributed by atoms with Gasteiger partial charge in [0.05, 0.1) is 5.60 Å². The van der Waals surface area contributed by atoms with Crippen LogP contribution in [0.1, 0.15) is 79.6 Å². The molecular weight excluding hydrogens is 234 g/mol. The van der Waals surface area contributed by atoms with Crippen LogP contribution in [0, 0.1) is 5.41 Å². The van der Waals surface area contributed by atoms with Gasteiger partial charge in [0.15, 0.2) is 0 Å². The summed E-state index contributed by atoms with van der Waals surface area (Å²) >= 11 is 0. The van der Waals surface area contributed by atoms with Crippen LogP contribution in [0.25, 0.3) is 0 Å². The first-order valence-electron chi connectivity index (χ1n) is 8.31. The molecule has 0 spiro atoms. The van der Waals surface area contributed by atoms with Crippen molar-refractivity contribution in [2.75, 3.05) is 13.2 Å². The second kappa shape index (κ2) is 7.64. The van der Waals surface area contributed by atoms with Gasteiger partial charge in [-0.1, -0.05) is 47.0 Å². The van der Waals surface area contributed by atoms with Crippen LogP contribution in [0.4, 0.5) is 0 Å². The Hall–Kier alpha value is -0.0800. The van der Waals surface area contributed by atoms with Gasteiger partial charge < -0.3 is 10.1 Å². The molecule has 19 heavy (non-hydrogen) atoms. The van der Waals surface area contributed by atoms with Gasteiger partial charge in [-0.3, -0.25) is 0 Å². The zero-order chi connectivity index (χ0) is 14.4. The Bertz CT molecular complexity index is 233. The van der Waals surface area contributed by atoms with Crippen LogP contribution in [-0.4, -0.2) is 24.8 Å².